The number of allylic oxidation sites excluding steroid dienone is 1. The highest BCUT2D eigenvalue weighted by atomic mass is 35.5. The maximum Gasteiger partial charge on any atom is 0.152 e. The summed E-state index contributed by atoms with van der Waals surface area (Å²) in [5, 5.41) is 1.03. The lowest BCUT2D eigenvalue weighted by molar-refractivity contribution is -0.117. The molecule has 162 valence electrons. The van der Waals surface area contributed by atoms with Gasteiger partial charge in [-0.15, -0.1) is 0 Å². The number of hydrogen-bond acceptors (Lipinski definition) is 6. The predicted octanol–water partition coefficient (Wildman–Crippen LogP) is 5.92. The summed E-state index contributed by atoms with van der Waals surface area (Å²) >= 11 is 23.2. The fourth-order valence-corrected chi connectivity index (χ4v) is 3.17. The second-order valence-electron chi connectivity index (χ2n) is 5.91. The Morgan fingerprint density at radius 1 is 0.933 bits per heavy atom. The van der Waals surface area contributed by atoms with Crippen LogP contribution < -0.4 is 9.47 Å². The summed E-state index contributed by atoms with van der Waals surface area (Å²) in [5.41, 5.74) is 1.26. The number of ether oxygens (including phenoxy) is 2. The van der Waals surface area contributed by atoms with Crippen molar-refractivity contribution in [3.05, 3.63) is 49.9 Å². The van der Waals surface area contributed by atoms with Crippen molar-refractivity contribution in [1.29, 1.82) is 0 Å². The summed E-state index contributed by atoms with van der Waals surface area (Å²) in [4.78, 5) is 29.4. The van der Waals surface area contributed by atoms with Gasteiger partial charge in [-0.1, -0.05) is 46.4 Å². The van der Waals surface area contributed by atoms with Gasteiger partial charge in [0.25, 0.3) is 0 Å². The van der Waals surface area contributed by atoms with Crippen LogP contribution in [0.4, 0.5) is 0 Å². The molecule has 10 heteroatoms. The van der Waals surface area contributed by atoms with Crippen molar-refractivity contribution in [3.8, 4) is 11.5 Å². The third-order valence-electron chi connectivity index (χ3n) is 3.60. The highest BCUT2D eigenvalue weighted by molar-refractivity contribution is 6.34. The molecule has 0 atom stereocenters. The highest BCUT2D eigenvalue weighted by Crippen LogP contribution is 2.30. The van der Waals surface area contributed by atoms with Crippen LogP contribution in [0.1, 0.15) is 31.4 Å². The maximum absolute atomic E-state index is 10.9. The molecule has 0 radical (unpaired) electrons. The van der Waals surface area contributed by atoms with E-state index in [0.717, 1.165) is 5.56 Å². The van der Waals surface area contributed by atoms with Crippen molar-refractivity contribution < 1.29 is 19.1 Å². The quantitative estimate of drug-likeness (QED) is 0.352. The fourth-order valence-electron chi connectivity index (χ4n) is 2.19. The van der Waals surface area contributed by atoms with E-state index >= 15 is 0 Å². The topological polar surface area (TPSA) is 78.4 Å². The molecule has 2 rings (SSSR count). The van der Waals surface area contributed by atoms with Crippen LogP contribution in [0.2, 0.25) is 20.6 Å². The fraction of sp³-hybridized carbons (Fsp3) is 0.300. The Kier molecular flexibility index (Phi) is 11.1. The SMILES string of the molecule is COc1cc(Cl)nc(Cl)c1C=CC(C)=O.COc1cc(Cl)nc(Cl)c1CCC(C)=O. The van der Waals surface area contributed by atoms with Crippen molar-refractivity contribution in [3.63, 3.8) is 0 Å². The Balaban J connectivity index is 0.000000300. The second-order valence-corrected chi connectivity index (χ2v) is 7.40. The van der Waals surface area contributed by atoms with Crippen molar-refractivity contribution in [1.82, 2.24) is 9.97 Å². The minimum atomic E-state index is -0.0805. The number of hydrogen-bond donors (Lipinski definition) is 0. The van der Waals surface area contributed by atoms with Gasteiger partial charge in [-0.2, -0.15) is 0 Å². The van der Waals surface area contributed by atoms with Crippen LogP contribution in [-0.4, -0.2) is 35.8 Å². The van der Waals surface area contributed by atoms with Crippen molar-refractivity contribution >= 4 is 64.0 Å². The molecule has 0 N–H and O–H groups in total. The van der Waals surface area contributed by atoms with Crippen molar-refractivity contribution in [2.75, 3.05) is 14.2 Å². The Labute approximate surface area is 195 Å². The molecule has 0 fully saturated rings. The molecule has 2 aromatic rings. The van der Waals surface area contributed by atoms with Crippen LogP contribution in [0.3, 0.4) is 0 Å². The number of pyridine rings is 2. The minimum absolute atomic E-state index is 0.0805. The number of nitrogens with zero attached hydrogens (tertiary/aromatic N) is 2. The van der Waals surface area contributed by atoms with E-state index in [9.17, 15) is 9.59 Å². The molecule has 2 aromatic heterocycles. The number of Topliss-reactive ketones (excluding diaryl/α,β-unsaturated/α-hetero) is 1. The van der Waals surface area contributed by atoms with Gasteiger partial charge in [0.15, 0.2) is 5.78 Å². The smallest absolute Gasteiger partial charge is 0.152 e. The molecule has 2 heterocycles. The zero-order chi connectivity index (χ0) is 22.8. The van der Waals surface area contributed by atoms with Crippen LogP contribution in [-0.2, 0) is 16.0 Å². The van der Waals surface area contributed by atoms with E-state index in [1.807, 2.05) is 0 Å². The van der Waals surface area contributed by atoms with E-state index in [0.29, 0.717) is 35.1 Å². The van der Waals surface area contributed by atoms with E-state index in [-0.39, 0.29) is 27.0 Å². The van der Waals surface area contributed by atoms with Crippen LogP contribution >= 0.6 is 46.4 Å². The van der Waals surface area contributed by atoms with E-state index in [1.54, 1.807) is 12.1 Å². The molecular weight excluding hydrogens is 474 g/mol. The first-order valence-corrected chi connectivity index (χ1v) is 10.1. The first kappa shape index (κ1) is 26.2. The number of methoxy groups -OCH3 is 2. The Morgan fingerprint density at radius 2 is 1.47 bits per heavy atom. The normalized spacial score (nSPS) is 10.4. The third-order valence-corrected chi connectivity index (χ3v) is 4.58. The first-order valence-electron chi connectivity index (χ1n) is 8.56. The zero-order valence-electron chi connectivity index (χ0n) is 16.8. The zero-order valence-corrected chi connectivity index (χ0v) is 19.8. The number of aromatic nitrogens is 2. The van der Waals surface area contributed by atoms with E-state index in [2.05, 4.69) is 9.97 Å². The average molecular weight is 494 g/mol. The van der Waals surface area contributed by atoms with Gasteiger partial charge < -0.3 is 14.3 Å². The lowest BCUT2D eigenvalue weighted by Crippen LogP contribution is -1.99. The monoisotopic (exact) mass is 492 g/mol. The van der Waals surface area contributed by atoms with Crippen molar-refractivity contribution in [2.45, 2.75) is 26.7 Å². The molecule has 6 nitrogen and oxygen atoms in total. The molecule has 0 aliphatic heterocycles. The molecule has 0 bridgehead atoms. The average Bonchev–Trinajstić information content (AvgIpc) is 2.65. The lowest BCUT2D eigenvalue weighted by atomic mass is 10.1. The van der Waals surface area contributed by atoms with Crippen LogP contribution in [0.15, 0.2) is 18.2 Å². The number of carbonyl (C=O) groups excluding carboxylic acids is 2. The molecule has 0 aromatic carbocycles. The van der Waals surface area contributed by atoms with Gasteiger partial charge in [-0.25, -0.2) is 9.97 Å². The van der Waals surface area contributed by atoms with Gasteiger partial charge in [0, 0.05) is 24.1 Å². The Hall–Kier alpha value is -1.86. The summed E-state index contributed by atoms with van der Waals surface area (Å²) in [6, 6.07) is 3.12. The standard InChI is InChI=1S/C10H11Cl2NO2.C10H9Cl2NO2/c2*1-6(14)3-4-7-8(15-2)5-9(11)13-10(7)12/h5H,3-4H2,1-2H3;3-5H,1-2H3. The largest absolute Gasteiger partial charge is 0.496 e. The minimum Gasteiger partial charge on any atom is -0.496 e. The number of carbonyl (C=O) groups is 2. The van der Waals surface area contributed by atoms with Crippen molar-refractivity contribution in [2.24, 2.45) is 0 Å². The van der Waals surface area contributed by atoms with Gasteiger partial charge in [0.1, 0.15) is 37.9 Å². The van der Waals surface area contributed by atoms with E-state index in [1.165, 1.54) is 40.2 Å². The molecular formula is C20H20Cl4N2O4. The highest BCUT2D eigenvalue weighted by Gasteiger charge is 2.12. The molecule has 0 amide bonds. The molecule has 0 spiro atoms. The molecule has 0 saturated heterocycles. The molecule has 0 saturated carbocycles. The number of halogens is 4. The molecule has 30 heavy (non-hydrogen) atoms. The summed E-state index contributed by atoms with van der Waals surface area (Å²) in [6.07, 6.45) is 3.87. The van der Waals surface area contributed by atoms with Gasteiger partial charge >= 0.3 is 0 Å². The summed E-state index contributed by atoms with van der Waals surface area (Å²) < 4.78 is 10.2. The third kappa shape index (κ3) is 8.48. The van der Waals surface area contributed by atoms with Gasteiger partial charge in [0.05, 0.1) is 19.8 Å². The summed E-state index contributed by atoms with van der Waals surface area (Å²) in [5.74, 6) is 1.07. The van der Waals surface area contributed by atoms with Gasteiger partial charge in [-0.05, 0) is 32.4 Å². The van der Waals surface area contributed by atoms with E-state index < -0.39 is 0 Å². The van der Waals surface area contributed by atoms with Crippen LogP contribution in [0, 0.1) is 0 Å². The second kappa shape index (κ2) is 12.7. The molecule has 0 aliphatic carbocycles. The number of ketones is 2. The van der Waals surface area contributed by atoms with Gasteiger partial charge in [-0.3, -0.25) is 4.79 Å². The van der Waals surface area contributed by atoms with Gasteiger partial charge in [0.2, 0.25) is 0 Å². The van der Waals surface area contributed by atoms with Crippen LogP contribution in [0.25, 0.3) is 6.08 Å². The lowest BCUT2D eigenvalue weighted by Gasteiger charge is -2.09. The van der Waals surface area contributed by atoms with Crippen LogP contribution in [0.5, 0.6) is 11.5 Å². The molecule has 0 aliphatic rings. The Bertz CT molecular complexity index is 949. The Morgan fingerprint density at radius 3 is 1.97 bits per heavy atom. The summed E-state index contributed by atoms with van der Waals surface area (Å²) in [7, 11) is 3.02. The summed E-state index contributed by atoms with van der Waals surface area (Å²) in [6.45, 7) is 2.98. The molecule has 0 unspecified atom stereocenters. The maximum atomic E-state index is 10.9. The van der Waals surface area contributed by atoms with E-state index in [4.69, 9.17) is 55.9 Å². The first-order chi connectivity index (χ1) is 14.1. The number of rotatable bonds is 7. The predicted molar refractivity (Wildman–Crippen MR) is 120 cm³/mol.